The lowest BCUT2D eigenvalue weighted by Crippen LogP contribution is -2.58. The Labute approximate surface area is 218 Å². The van der Waals surface area contributed by atoms with Gasteiger partial charge < -0.3 is 41.9 Å². The topological polar surface area (TPSA) is 245 Å². The van der Waals surface area contributed by atoms with Gasteiger partial charge in [0.25, 0.3) is 0 Å². The molecule has 0 saturated heterocycles. The maximum absolute atomic E-state index is 13.2. The average molecular weight is 535 g/mol. The molecule has 2 aromatic heterocycles. The molecule has 2 aromatic rings. The van der Waals surface area contributed by atoms with Crippen LogP contribution in [0.25, 0.3) is 0 Å². The van der Waals surface area contributed by atoms with Crippen LogP contribution >= 0.6 is 0 Å². The normalized spacial score (nSPS) is 14.2. The van der Waals surface area contributed by atoms with E-state index in [1.807, 2.05) is 13.8 Å². The zero-order chi connectivity index (χ0) is 28.2. The van der Waals surface area contributed by atoms with Gasteiger partial charge in [-0.05, 0) is 18.8 Å². The average Bonchev–Trinajstić information content (AvgIpc) is 3.55. The third kappa shape index (κ3) is 10.0. The number of nitrogens with one attached hydrogen (secondary N) is 5. The van der Waals surface area contributed by atoms with Crippen LogP contribution in [0, 0.1) is 5.92 Å². The summed E-state index contributed by atoms with van der Waals surface area (Å²) < 4.78 is 0. The highest BCUT2D eigenvalue weighted by Gasteiger charge is 2.31. The molecule has 2 rings (SSSR count). The van der Waals surface area contributed by atoms with Crippen LogP contribution in [0.1, 0.15) is 44.5 Å². The van der Waals surface area contributed by atoms with E-state index in [9.17, 15) is 29.1 Å². The van der Waals surface area contributed by atoms with Gasteiger partial charge in [-0.1, -0.05) is 13.8 Å². The lowest BCUT2D eigenvalue weighted by Gasteiger charge is -2.26. The number of carbonyl (C=O) groups is 5. The summed E-state index contributed by atoms with van der Waals surface area (Å²) in [5.74, 6) is -4.56. The van der Waals surface area contributed by atoms with Crippen molar-refractivity contribution in [2.24, 2.45) is 11.7 Å². The van der Waals surface area contributed by atoms with Crippen LogP contribution in [0.15, 0.2) is 25.0 Å². The van der Waals surface area contributed by atoms with E-state index in [1.54, 1.807) is 0 Å². The molecule has 0 aliphatic carbocycles. The van der Waals surface area contributed by atoms with Crippen LogP contribution in [0.3, 0.4) is 0 Å². The fourth-order valence-electron chi connectivity index (χ4n) is 3.58. The number of aromatic nitrogens is 4. The molecule has 0 aliphatic rings. The Balaban J connectivity index is 2.17. The monoisotopic (exact) mass is 534 g/mol. The Hall–Kier alpha value is -4.27. The van der Waals surface area contributed by atoms with Gasteiger partial charge in [0.1, 0.15) is 18.1 Å². The quantitative estimate of drug-likeness (QED) is 0.126. The Kier molecular flexibility index (Phi) is 11.4. The lowest BCUT2D eigenvalue weighted by atomic mass is 10.0. The van der Waals surface area contributed by atoms with Crippen molar-refractivity contribution in [3.05, 3.63) is 36.4 Å². The second-order valence-electron chi connectivity index (χ2n) is 9.25. The fraction of sp³-hybridized carbons (Fsp3) is 0.522. The predicted molar refractivity (Wildman–Crippen MR) is 132 cm³/mol. The number of nitrogens with zero attached hydrogens (tertiary/aromatic N) is 2. The van der Waals surface area contributed by atoms with Crippen molar-refractivity contribution >= 4 is 29.7 Å². The van der Waals surface area contributed by atoms with E-state index in [1.165, 1.54) is 25.0 Å². The van der Waals surface area contributed by atoms with Gasteiger partial charge in [-0.25, -0.2) is 14.8 Å². The molecule has 0 radical (unpaired) electrons. The molecule has 3 amide bonds. The second-order valence-corrected chi connectivity index (χ2v) is 9.25. The number of nitrogens with two attached hydrogens (primary N) is 1. The molecule has 0 spiro atoms. The standard InChI is InChI=1S/C23H34N8O7/c1-12(2)5-16(29-20(34)15(24)3-4-19(32)33)21(35)30-17(6-13-8-25-10-27-13)22(36)31-18(23(37)38)7-14-9-26-11-28-14/h8-12,15-18H,3-7,24H2,1-2H3,(H,25,27)(H,26,28)(H,29,34)(H,30,35)(H,31,36)(H,32,33)(H,37,38). The van der Waals surface area contributed by atoms with E-state index in [-0.39, 0.29) is 38.0 Å². The smallest absolute Gasteiger partial charge is 0.326 e. The highest BCUT2D eigenvalue weighted by molar-refractivity contribution is 5.94. The minimum absolute atomic E-state index is 0.0333. The molecule has 208 valence electrons. The maximum Gasteiger partial charge on any atom is 0.326 e. The number of aliphatic carboxylic acids is 2. The molecule has 0 aliphatic heterocycles. The minimum Gasteiger partial charge on any atom is -0.481 e. The number of carboxylic acids is 2. The molecule has 4 atom stereocenters. The maximum atomic E-state index is 13.2. The third-order valence-electron chi connectivity index (χ3n) is 5.55. The van der Waals surface area contributed by atoms with Gasteiger partial charge in [0.15, 0.2) is 0 Å². The molecule has 9 N–H and O–H groups in total. The van der Waals surface area contributed by atoms with Gasteiger partial charge in [0.2, 0.25) is 17.7 Å². The van der Waals surface area contributed by atoms with Crippen molar-refractivity contribution in [1.82, 2.24) is 35.9 Å². The third-order valence-corrected chi connectivity index (χ3v) is 5.55. The SMILES string of the molecule is CC(C)CC(NC(=O)C(N)CCC(=O)O)C(=O)NC(Cc1cnc[nH]1)C(=O)NC(Cc1cnc[nH]1)C(=O)O. The summed E-state index contributed by atoms with van der Waals surface area (Å²) in [5, 5.41) is 26.0. The van der Waals surface area contributed by atoms with Crippen molar-refractivity contribution < 1.29 is 34.2 Å². The van der Waals surface area contributed by atoms with Crippen LogP contribution in [-0.2, 0) is 36.8 Å². The summed E-state index contributed by atoms with van der Waals surface area (Å²) >= 11 is 0. The number of rotatable bonds is 16. The van der Waals surface area contributed by atoms with E-state index in [4.69, 9.17) is 10.8 Å². The van der Waals surface area contributed by atoms with Gasteiger partial charge in [-0.15, -0.1) is 0 Å². The van der Waals surface area contributed by atoms with Crippen LogP contribution in [-0.4, -0.2) is 84.0 Å². The van der Waals surface area contributed by atoms with Crippen molar-refractivity contribution in [3.63, 3.8) is 0 Å². The molecule has 0 aromatic carbocycles. The second kappa shape index (κ2) is 14.5. The Morgan fingerprint density at radius 1 is 0.842 bits per heavy atom. The summed E-state index contributed by atoms with van der Waals surface area (Å²) in [4.78, 5) is 74.8. The first-order valence-corrected chi connectivity index (χ1v) is 12.0. The van der Waals surface area contributed by atoms with E-state index >= 15 is 0 Å². The number of amides is 3. The van der Waals surface area contributed by atoms with E-state index in [0.717, 1.165) is 0 Å². The summed E-state index contributed by atoms with van der Waals surface area (Å²) in [6.07, 6.45) is 5.35. The summed E-state index contributed by atoms with van der Waals surface area (Å²) in [6, 6.07) is -4.73. The Bertz CT molecular complexity index is 1070. The Morgan fingerprint density at radius 3 is 1.82 bits per heavy atom. The van der Waals surface area contributed by atoms with E-state index in [2.05, 4.69) is 35.9 Å². The van der Waals surface area contributed by atoms with Crippen LogP contribution in [0.5, 0.6) is 0 Å². The number of aromatic amines is 2. The summed E-state index contributed by atoms with van der Waals surface area (Å²) in [5.41, 5.74) is 6.78. The van der Waals surface area contributed by atoms with E-state index in [0.29, 0.717) is 11.4 Å². The van der Waals surface area contributed by atoms with Crippen molar-refractivity contribution in [2.45, 2.75) is 70.1 Å². The molecule has 2 heterocycles. The van der Waals surface area contributed by atoms with Crippen molar-refractivity contribution in [1.29, 1.82) is 0 Å². The molecule has 0 saturated carbocycles. The van der Waals surface area contributed by atoms with Gasteiger partial charge in [0.05, 0.1) is 18.7 Å². The lowest BCUT2D eigenvalue weighted by molar-refractivity contribution is -0.142. The minimum atomic E-state index is -1.30. The largest absolute Gasteiger partial charge is 0.481 e. The van der Waals surface area contributed by atoms with E-state index < -0.39 is 53.8 Å². The first-order valence-electron chi connectivity index (χ1n) is 12.0. The predicted octanol–water partition coefficient (Wildman–Crippen LogP) is -1.30. The van der Waals surface area contributed by atoms with Crippen LogP contribution in [0.2, 0.25) is 0 Å². The van der Waals surface area contributed by atoms with Crippen molar-refractivity contribution in [3.8, 4) is 0 Å². The van der Waals surface area contributed by atoms with Crippen LogP contribution in [0.4, 0.5) is 0 Å². The van der Waals surface area contributed by atoms with Gasteiger partial charge in [0, 0.05) is 43.0 Å². The van der Waals surface area contributed by atoms with Crippen molar-refractivity contribution in [2.75, 3.05) is 0 Å². The van der Waals surface area contributed by atoms with Gasteiger partial charge in [-0.2, -0.15) is 0 Å². The summed E-state index contributed by atoms with van der Waals surface area (Å²) in [7, 11) is 0. The number of hydrogen-bond donors (Lipinski definition) is 8. The molecule has 0 bridgehead atoms. The highest BCUT2D eigenvalue weighted by Crippen LogP contribution is 2.09. The number of carboxylic acid groups (broad SMARTS) is 2. The molecule has 4 unspecified atom stereocenters. The fourth-order valence-corrected chi connectivity index (χ4v) is 3.58. The summed E-state index contributed by atoms with van der Waals surface area (Å²) in [6.45, 7) is 3.66. The molecule has 0 fully saturated rings. The first-order chi connectivity index (χ1) is 18.0. The zero-order valence-electron chi connectivity index (χ0n) is 21.1. The molecule has 15 nitrogen and oxygen atoms in total. The number of imidazole rings is 2. The molecule has 38 heavy (non-hydrogen) atoms. The molecular weight excluding hydrogens is 500 g/mol. The number of H-pyrrole nitrogens is 2. The number of carbonyl (C=O) groups excluding carboxylic acids is 3. The molecular formula is C23H34N8O7. The molecule has 15 heteroatoms. The number of hydrogen-bond acceptors (Lipinski definition) is 8. The van der Waals surface area contributed by atoms with Crippen LogP contribution < -0.4 is 21.7 Å². The highest BCUT2D eigenvalue weighted by atomic mass is 16.4. The first kappa shape index (κ1) is 30.0. The Morgan fingerprint density at radius 2 is 1.34 bits per heavy atom. The van der Waals surface area contributed by atoms with Gasteiger partial charge >= 0.3 is 11.9 Å². The van der Waals surface area contributed by atoms with Gasteiger partial charge in [-0.3, -0.25) is 19.2 Å². The zero-order valence-corrected chi connectivity index (χ0v) is 21.1.